The third-order valence-electron chi connectivity index (χ3n) is 6.00. The lowest BCUT2D eigenvalue weighted by atomic mass is 9.99. The predicted molar refractivity (Wildman–Crippen MR) is 141 cm³/mol. The van der Waals surface area contributed by atoms with Crippen molar-refractivity contribution in [2.75, 3.05) is 6.61 Å². The molecule has 1 amide bonds. The van der Waals surface area contributed by atoms with Gasteiger partial charge in [0.05, 0.1) is 6.61 Å². The van der Waals surface area contributed by atoms with Crippen LogP contribution in [0, 0.1) is 0 Å². The van der Waals surface area contributed by atoms with Crippen molar-refractivity contribution >= 4 is 28.9 Å². The summed E-state index contributed by atoms with van der Waals surface area (Å²) < 4.78 is 13.0. The average molecular weight is 509 g/mol. The van der Waals surface area contributed by atoms with Gasteiger partial charge in [0.15, 0.2) is 5.78 Å². The Hall–Kier alpha value is -4.27. The van der Waals surface area contributed by atoms with Gasteiger partial charge >= 0.3 is 11.7 Å². The second-order valence-electron chi connectivity index (χ2n) is 8.88. The number of carbonyl (C=O) groups is 2. The molecule has 9 nitrogen and oxygen atoms in total. The molecule has 0 saturated heterocycles. The van der Waals surface area contributed by atoms with Crippen LogP contribution in [-0.2, 0) is 7.05 Å². The van der Waals surface area contributed by atoms with E-state index in [2.05, 4.69) is 5.32 Å². The first-order valence-electron chi connectivity index (χ1n) is 12.1. The van der Waals surface area contributed by atoms with Gasteiger partial charge in [-0.3, -0.25) is 10.1 Å². The smallest absolute Gasteiger partial charge is 0.408 e. The molecule has 2 aromatic heterocycles. The molecule has 1 atom stereocenters. The van der Waals surface area contributed by atoms with E-state index < -0.39 is 28.8 Å². The number of carbonyl (C=O) groups excluding carboxylic acids is 1. The Morgan fingerprint density at radius 3 is 2.68 bits per heavy atom. The van der Waals surface area contributed by atoms with E-state index in [0.29, 0.717) is 19.4 Å². The van der Waals surface area contributed by atoms with E-state index >= 15 is 0 Å². The SMILES string of the molecule is CCCOc1ccc2c(c1)cc(/C=C(\C)C(=O)c1c(O)cc(C(C)CC/C=C/NC(=O)O)oc1=O)n2C. The molecule has 0 spiro atoms. The summed E-state index contributed by atoms with van der Waals surface area (Å²) in [6, 6.07) is 9.02. The number of hydrogen-bond donors (Lipinski definition) is 3. The highest BCUT2D eigenvalue weighted by Crippen LogP contribution is 2.28. The highest BCUT2D eigenvalue weighted by atomic mass is 16.5. The Labute approximate surface area is 214 Å². The number of Topliss-reactive ketones (excluding diaryl/α,β-unsaturated/α-hetero) is 1. The number of rotatable bonds is 11. The van der Waals surface area contributed by atoms with Crippen molar-refractivity contribution in [1.29, 1.82) is 0 Å². The molecule has 9 heteroatoms. The zero-order valence-corrected chi connectivity index (χ0v) is 21.4. The van der Waals surface area contributed by atoms with Gasteiger partial charge in [-0.1, -0.05) is 19.9 Å². The number of ketones is 1. The third kappa shape index (κ3) is 6.69. The number of allylic oxidation sites excluding steroid dienone is 2. The molecular formula is C28H32N2O7. The standard InChI is InChI=1S/C28H32N2O7/c1-5-12-36-21-9-10-22-19(15-21)14-20(30(22)4)13-18(3)26(32)25-23(31)16-24(37-27(25)33)17(2)8-6-7-11-29-28(34)35/h7,9-11,13-17,29,31H,5-6,8,12H2,1-4H3,(H,34,35)/b11-7+,18-13+. The summed E-state index contributed by atoms with van der Waals surface area (Å²) in [5, 5.41) is 22.2. The summed E-state index contributed by atoms with van der Waals surface area (Å²) in [5.74, 6) is -0.280. The number of aromatic nitrogens is 1. The maximum absolute atomic E-state index is 13.1. The van der Waals surface area contributed by atoms with E-state index in [0.717, 1.165) is 28.8 Å². The van der Waals surface area contributed by atoms with Gasteiger partial charge in [-0.15, -0.1) is 0 Å². The van der Waals surface area contributed by atoms with Crippen LogP contribution >= 0.6 is 0 Å². The maximum Gasteiger partial charge on any atom is 0.408 e. The van der Waals surface area contributed by atoms with Crippen LogP contribution in [-0.4, -0.2) is 33.3 Å². The van der Waals surface area contributed by atoms with Crippen LogP contribution in [0.4, 0.5) is 4.79 Å². The van der Waals surface area contributed by atoms with Crippen molar-refractivity contribution in [3.63, 3.8) is 0 Å². The van der Waals surface area contributed by atoms with E-state index in [1.54, 1.807) is 19.1 Å². The molecule has 0 saturated carbocycles. The molecule has 3 rings (SSSR count). The molecule has 0 aliphatic rings. The lowest BCUT2D eigenvalue weighted by Gasteiger charge is -2.11. The molecule has 0 fully saturated rings. The molecular weight excluding hydrogens is 476 g/mol. The van der Waals surface area contributed by atoms with Crippen LogP contribution in [0.3, 0.4) is 0 Å². The second kappa shape index (κ2) is 12.1. The number of carboxylic acid groups (broad SMARTS) is 1. The largest absolute Gasteiger partial charge is 0.507 e. The fourth-order valence-electron chi connectivity index (χ4n) is 3.93. The summed E-state index contributed by atoms with van der Waals surface area (Å²) in [6.45, 7) is 6.06. The number of aromatic hydroxyl groups is 1. The van der Waals surface area contributed by atoms with Crippen molar-refractivity contribution in [1.82, 2.24) is 9.88 Å². The molecule has 1 unspecified atom stereocenters. The monoisotopic (exact) mass is 508 g/mol. The fourth-order valence-corrected chi connectivity index (χ4v) is 3.93. The summed E-state index contributed by atoms with van der Waals surface area (Å²) in [4.78, 5) is 36.2. The first-order chi connectivity index (χ1) is 17.6. The molecule has 37 heavy (non-hydrogen) atoms. The lowest BCUT2D eigenvalue weighted by Crippen LogP contribution is -2.16. The molecule has 0 radical (unpaired) electrons. The van der Waals surface area contributed by atoms with Gasteiger partial charge in [0.1, 0.15) is 22.8 Å². The Kier molecular flexibility index (Phi) is 8.95. The number of benzene rings is 1. The first-order valence-corrected chi connectivity index (χ1v) is 12.1. The Morgan fingerprint density at radius 1 is 1.24 bits per heavy atom. The first kappa shape index (κ1) is 27.3. The number of aryl methyl sites for hydroxylation is 1. The zero-order valence-electron chi connectivity index (χ0n) is 21.4. The van der Waals surface area contributed by atoms with E-state index in [1.807, 2.05) is 49.7 Å². The summed E-state index contributed by atoms with van der Waals surface area (Å²) in [6.07, 6.45) is 5.43. The number of nitrogens with one attached hydrogen (secondary N) is 1. The normalized spacial score (nSPS) is 12.7. The van der Waals surface area contributed by atoms with Crippen LogP contribution < -0.4 is 15.7 Å². The Morgan fingerprint density at radius 2 is 2.00 bits per heavy atom. The second-order valence-corrected chi connectivity index (χ2v) is 8.88. The topological polar surface area (TPSA) is 131 Å². The molecule has 0 aliphatic carbocycles. The number of hydrogen-bond acceptors (Lipinski definition) is 6. The highest BCUT2D eigenvalue weighted by molar-refractivity contribution is 6.12. The molecule has 2 heterocycles. The highest BCUT2D eigenvalue weighted by Gasteiger charge is 2.22. The van der Waals surface area contributed by atoms with Gasteiger partial charge in [-0.05, 0) is 62.1 Å². The Bertz CT molecular complexity index is 1410. The summed E-state index contributed by atoms with van der Waals surface area (Å²) in [7, 11) is 1.88. The minimum atomic E-state index is -1.16. The van der Waals surface area contributed by atoms with Gasteiger partial charge in [0.2, 0.25) is 0 Å². The van der Waals surface area contributed by atoms with Crippen LogP contribution in [0.1, 0.15) is 67.8 Å². The van der Waals surface area contributed by atoms with Crippen LogP contribution in [0.25, 0.3) is 17.0 Å². The Balaban J connectivity index is 1.80. The molecule has 1 aromatic carbocycles. The van der Waals surface area contributed by atoms with E-state index in [4.69, 9.17) is 14.3 Å². The minimum Gasteiger partial charge on any atom is -0.507 e. The fraction of sp³-hybridized carbons (Fsp3) is 0.321. The van der Waals surface area contributed by atoms with Gasteiger partial charge in [0, 0.05) is 41.8 Å². The van der Waals surface area contributed by atoms with Crippen molar-refractivity contribution in [3.8, 4) is 11.5 Å². The molecule has 196 valence electrons. The number of ether oxygens (including phenoxy) is 1. The number of fused-ring (bicyclic) bond motifs is 1. The average Bonchev–Trinajstić information content (AvgIpc) is 3.15. The van der Waals surface area contributed by atoms with Gasteiger partial charge in [-0.25, -0.2) is 9.59 Å². The maximum atomic E-state index is 13.1. The van der Waals surface area contributed by atoms with Crippen molar-refractivity contribution in [2.45, 2.75) is 46.0 Å². The molecule has 0 aliphatic heterocycles. The third-order valence-corrected chi connectivity index (χ3v) is 6.00. The van der Waals surface area contributed by atoms with Crippen LogP contribution in [0.15, 0.2) is 57.4 Å². The molecule has 0 bridgehead atoms. The van der Waals surface area contributed by atoms with Gasteiger partial charge in [-0.2, -0.15) is 0 Å². The molecule has 3 N–H and O–H groups in total. The summed E-state index contributed by atoms with van der Waals surface area (Å²) >= 11 is 0. The van der Waals surface area contributed by atoms with Crippen LogP contribution in [0.5, 0.6) is 11.5 Å². The number of amides is 1. The predicted octanol–water partition coefficient (Wildman–Crippen LogP) is 5.58. The lowest BCUT2D eigenvalue weighted by molar-refractivity contribution is 0.102. The van der Waals surface area contributed by atoms with Crippen molar-refractivity contribution in [2.24, 2.45) is 7.05 Å². The minimum absolute atomic E-state index is 0.240. The van der Waals surface area contributed by atoms with E-state index in [9.17, 15) is 19.5 Å². The van der Waals surface area contributed by atoms with Crippen molar-refractivity contribution in [3.05, 3.63) is 75.6 Å². The van der Waals surface area contributed by atoms with E-state index in [-0.39, 0.29) is 17.3 Å². The quantitative estimate of drug-likeness (QED) is 0.228. The van der Waals surface area contributed by atoms with Gasteiger partial charge in [0.25, 0.3) is 0 Å². The van der Waals surface area contributed by atoms with Crippen molar-refractivity contribution < 1.29 is 29.0 Å². The van der Waals surface area contributed by atoms with Crippen LogP contribution in [0.2, 0.25) is 0 Å². The number of nitrogens with zero attached hydrogens (tertiary/aromatic N) is 1. The summed E-state index contributed by atoms with van der Waals surface area (Å²) in [5.41, 5.74) is 0.673. The van der Waals surface area contributed by atoms with Gasteiger partial charge < -0.3 is 23.9 Å². The van der Waals surface area contributed by atoms with E-state index in [1.165, 1.54) is 12.3 Å². The molecule has 3 aromatic rings. The zero-order chi connectivity index (χ0) is 27.1.